The smallest absolute Gasteiger partial charge is 0.115 e. The minimum absolute atomic E-state index is 0.0994. The van der Waals surface area contributed by atoms with Crippen molar-refractivity contribution in [3.8, 4) is 0 Å². The van der Waals surface area contributed by atoms with Crippen molar-refractivity contribution in [3.63, 3.8) is 0 Å². The van der Waals surface area contributed by atoms with E-state index >= 15 is 0 Å². The van der Waals surface area contributed by atoms with E-state index < -0.39 is 5.67 Å². The maximum Gasteiger partial charge on any atom is 0.115 e. The highest BCUT2D eigenvalue weighted by molar-refractivity contribution is 4.93. The second kappa shape index (κ2) is 3.76. The molecule has 0 saturated carbocycles. The van der Waals surface area contributed by atoms with Crippen LogP contribution in [0, 0.1) is 11.3 Å². The van der Waals surface area contributed by atoms with Crippen LogP contribution in [-0.4, -0.2) is 5.67 Å². The summed E-state index contributed by atoms with van der Waals surface area (Å²) >= 11 is 0. The van der Waals surface area contributed by atoms with Crippen LogP contribution in [0.5, 0.6) is 0 Å². The first-order valence-electron chi connectivity index (χ1n) is 5.00. The van der Waals surface area contributed by atoms with Gasteiger partial charge in [0.1, 0.15) is 5.67 Å². The van der Waals surface area contributed by atoms with Gasteiger partial charge in [0.2, 0.25) is 0 Å². The van der Waals surface area contributed by atoms with Gasteiger partial charge in [-0.05, 0) is 25.7 Å². The van der Waals surface area contributed by atoms with E-state index in [2.05, 4.69) is 13.8 Å². The third kappa shape index (κ3) is 1.81. The molecular formula is C11H23F. The zero-order valence-corrected chi connectivity index (χ0v) is 9.37. The van der Waals surface area contributed by atoms with Gasteiger partial charge >= 0.3 is 0 Å². The molecule has 0 aromatic heterocycles. The van der Waals surface area contributed by atoms with Crippen molar-refractivity contribution >= 4 is 0 Å². The van der Waals surface area contributed by atoms with E-state index in [9.17, 15) is 4.39 Å². The first-order valence-corrected chi connectivity index (χ1v) is 5.00. The first-order chi connectivity index (χ1) is 5.31. The van der Waals surface area contributed by atoms with Gasteiger partial charge in [-0.25, -0.2) is 4.39 Å². The van der Waals surface area contributed by atoms with Gasteiger partial charge in [0.05, 0.1) is 0 Å². The minimum Gasteiger partial charge on any atom is -0.243 e. The van der Waals surface area contributed by atoms with Crippen molar-refractivity contribution in [2.75, 3.05) is 0 Å². The minimum atomic E-state index is -1.05. The molecule has 0 amide bonds. The molecule has 0 fully saturated rings. The topological polar surface area (TPSA) is 0 Å². The van der Waals surface area contributed by atoms with Gasteiger partial charge in [0, 0.05) is 5.41 Å². The van der Waals surface area contributed by atoms with Crippen molar-refractivity contribution in [3.05, 3.63) is 0 Å². The lowest BCUT2D eigenvalue weighted by molar-refractivity contribution is -0.0267. The van der Waals surface area contributed by atoms with Crippen LogP contribution in [-0.2, 0) is 0 Å². The van der Waals surface area contributed by atoms with Crippen molar-refractivity contribution in [2.24, 2.45) is 11.3 Å². The third-order valence-electron chi connectivity index (χ3n) is 3.83. The number of rotatable bonds is 4. The Balaban J connectivity index is 4.70. The SMILES string of the molecule is CCC(C)(CC)C(C)(F)C(C)C. The van der Waals surface area contributed by atoms with E-state index in [4.69, 9.17) is 0 Å². The van der Waals surface area contributed by atoms with Crippen molar-refractivity contribution in [1.29, 1.82) is 0 Å². The van der Waals surface area contributed by atoms with Crippen LogP contribution in [0.4, 0.5) is 4.39 Å². The molecule has 0 aromatic rings. The van der Waals surface area contributed by atoms with Crippen LogP contribution in [0.2, 0.25) is 0 Å². The molecule has 1 unspecified atom stereocenters. The molecule has 0 aromatic carbocycles. The van der Waals surface area contributed by atoms with Crippen LogP contribution in [0.1, 0.15) is 54.4 Å². The maximum atomic E-state index is 14.3. The molecule has 1 heteroatoms. The van der Waals surface area contributed by atoms with Crippen molar-refractivity contribution in [1.82, 2.24) is 0 Å². The summed E-state index contributed by atoms with van der Waals surface area (Å²) in [6.45, 7) is 11.9. The Morgan fingerprint density at radius 3 is 1.50 bits per heavy atom. The molecule has 0 aliphatic carbocycles. The summed E-state index contributed by atoms with van der Waals surface area (Å²) in [5.74, 6) is 0.0994. The van der Waals surface area contributed by atoms with Crippen LogP contribution in [0.15, 0.2) is 0 Å². The Hall–Kier alpha value is -0.0700. The molecule has 0 nitrogen and oxygen atoms in total. The molecule has 1 atom stereocenters. The van der Waals surface area contributed by atoms with Gasteiger partial charge in [0.25, 0.3) is 0 Å². The lowest BCUT2D eigenvalue weighted by Gasteiger charge is -2.42. The largest absolute Gasteiger partial charge is 0.243 e. The summed E-state index contributed by atoms with van der Waals surface area (Å²) in [5.41, 5.74) is -1.21. The third-order valence-corrected chi connectivity index (χ3v) is 3.83. The zero-order valence-electron chi connectivity index (χ0n) is 9.37. The molecule has 0 aliphatic heterocycles. The summed E-state index contributed by atoms with van der Waals surface area (Å²) in [7, 11) is 0. The van der Waals surface area contributed by atoms with E-state index in [0.717, 1.165) is 12.8 Å². The lowest BCUT2D eigenvalue weighted by Crippen LogP contribution is -2.43. The molecule has 0 heterocycles. The predicted octanol–water partition coefficient (Wildman–Crippen LogP) is 4.20. The number of halogens is 1. The fraction of sp³-hybridized carbons (Fsp3) is 1.00. The Bertz CT molecular complexity index is 129. The Kier molecular flexibility index (Phi) is 3.74. The molecule has 0 N–H and O–H groups in total. The second-order valence-electron chi connectivity index (χ2n) is 4.50. The summed E-state index contributed by atoms with van der Waals surface area (Å²) in [5, 5.41) is 0. The molecule has 0 rings (SSSR count). The van der Waals surface area contributed by atoms with Crippen LogP contribution < -0.4 is 0 Å². The number of hydrogen-bond donors (Lipinski definition) is 0. The van der Waals surface area contributed by atoms with Crippen molar-refractivity contribution in [2.45, 2.75) is 60.1 Å². The van der Waals surface area contributed by atoms with Gasteiger partial charge < -0.3 is 0 Å². The van der Waals surface area contributed by atoms with Crippen LogP contribution in [0.3, 0.4) is 0 Å². The molecule has 0 aliphatic rings. The van der Waals surface area contributed by atoms with Gasteiger partial charge in [-0.2, -0.15) is 0 Å². The highest BCUT2D eigenvalue weighted by atomic mass is 19.1. The first kappa shape index (κ1) is 11.9. The van der Waals surface area contributed by atoms with Gasteiger partial charge in [-0.15, -0.1) is 0 Å². The zero-order chi connectivity index (χ0) is 9.99. The summed E-state index contributed by atoms with van der Waals surface area (Å²) in [6.07, 6.45) is 1.82. The Morgan fingerprint density at radius 2 is 1.42 bits per heavy atom. The second-order valence-corrected chi connectivity index (χ2v) is 4.50. The van der Waals surface area contributed by atoms with E-state index in [1.807, 2.05) is 20.8 Å². The molecule has 0 saturated heterocycles. The number of alkyl halides is 1. The maximum absolute atomic E-state index is 14.3. The molecule has 0 bridgehead atoms. The predicted molar refractivity (Wildman–Crippen MR) is 53.0 cm³/mol. The Labute approximate surface area is 76.6 Å². The molecule has 12 heavy (non-hydrogen) atoms. The fourth-order valence-corrected chi connectivity index (χ4v) is 1.64. The molecule has 0 radical (unpaired) electrons. The average Bonchev–Trinajstić information content (AvgIpc) is 2.02. The van der Waals surface area contributed by atoms with E-state index in [1.54, 1.807) is 6.92 Å². The van der Waals surface area contributed by atoms with Crippen LogP contribution in [0.25, 0.3) is 0 Å². The lowest BCUT2D eigenvalue weighted by atomic mass is 9.67. The van der Waals surface area contributed by atoms with E-state index in [1.165, 1.54) is 0 Å². The quantitative estimate of drug-likeness (QED) is 0.599. The number of hydrogen-bond acceptors (Lipinski definition) is 0. The highest BCUT2D eigenvalue weighted by Gasteiger charge is 2.44. The Morgan fingerprint density at radius 1 is 1.08 bits per heavy atom. The fourth-order valence-electron chi connectivity index (χ4n) is 1.64. The molecule has 0 spiro atoms. The van der Waals surface area contributed by atoms with E-state index in [0.29, 0.717) is 0 Å². The van der Waals surface area contributed by atoms with E-state index in [-0.39, 0.29) is 11.3 Å². The summed E-state index contributed by atoms with van der Waals surface area (Å²) in [6, 6.07) is 0. The van der Waals surface area contributed by atoms with Crippen molar-refractivity contribution < 1.29 is 4.39 Å². The average molecular weight is 174 g/mol. The monoisotopic (exact) mass is 174 g/mol. The summed E-state index contributed by atoms with van der Waals surface area (Å²) in [4.78, 5) is 0. The molecule has 74 valence electrons. The normalized spacial score (nSPS) is 18.0. The van der Waals surface area contributed by atoms with Gasteiger partial charge in [0.15, 0.2) is 0 Å². The van der Waals surface area contributed by atoms with Gasteiger partial charge in [-0.3, -0.25) is 0 Å². The van der Waals surface area contributed by atoms with Crippen LogP contribution >= 0.6 is 0 Å². The standard InChI is InChI=1S/C11H23F/c1-7-10(5,8-2)11(6,12)9(3)4/h9H,7-8H2,1-6H3. The highest BCUT2D eigenvalue weighted by Crippen LogP contribution is 2.45. The van der Waals surface area contributed by atoms with Gasteiger partial charge in [-0.1, -0.05) is 34.6 Å². The molecular weight excluding hydrogens is 151 g/mol. The summed E-state index contributed by atoms with van der Waals surface area (Å²) < 4.78 is 14.3.